The number of ether oxygens (including phenoxy) is 1. The molecule has 24 heavy (non-hydrogen) atoms. The van der Waals surface area contributed by atoms with E-state index in [2.05, 4.69) is 21.2 Å². The maximum Gasteiger partial charge on any atom is 0.313 e. The Labute approximate surface area is 150 Å². The first-order chi connectivity index (χ1) is 11.6. The van der Waals surface area contributed by atoms with Gasteiger partial charge in [-0.25, -0.2) is 0 Å². The highest BCUT2D eigenvalue weighted by Crippen LogP contribution is 2.20. The van der Waals surface area contributed by atoms with Crippen LogP contribution in [-0.4, -0.2) is 18.5 Å². The molecule has 0 heterocycles. The van der Waals surface area contributed by atoms with Gasteiger partial charge >= 0.3 is 5.97 Å². The third-order valence-electron chi connectivity index (χ3n) is 3.67. The number of hydrogen-bond acceptors (Lipinski definition) is 3. The van der Waals surface area contributed by atoms with Crippen LogP contribution in [0.15, 0.2) is 59.1 Å². The van der Waals surface area contributed by atoms with E-state index >= 15 is 0 Å². The zero-order chi connectivity index (χ0) is 17.4. The van der Waals surface area contributed by atoms with Crippen molar-refractivity contribution >= 4 is 27.8 Å². The van der Waals surface area contributed by atoms with Crippen molar-refractivity contribution in [3.8, 4) is 0 Å². The van der Waals surface area contributed by atoms with Crippen LogP contribution < -0.4 is 5.32 Å². The minimum absolute atomic E-state index is 0.271. The van der Waals surface area contributed by atoms with Crippen molar-refractivity contribution in [3.63, 3.8) is 0 Å². The highest BCUT2D eigenvalue weighted by molar-refractivity contribution is 9.10. The van der Waals surface area contributed by atoms with E-state index in [0.29, 0.717) is 13.0 Å². The van der Waals surface area contributed by atoms with E-state index in [-0.39, 0.29) is 24.4 Å². The molecule has 4 nitrogen and oxygen atoms in total. The zero-order valence-electron chi connectivity index (χ0n) is 13.5. The molecule has 0 saturated heterocycles. The van der Waals surface area contributed by atoms with Crippen molar-refractivity contribution in [1.29, 1.82) is 0 Å². The van der Waals surface area contributed by atoms with Gasteiger partial charge in [0, 0.05) is 11.0 Å². The van der Waals surface area contributed by atoms with Crippen LogP contribution in [0, 0.1) is 0 Å². The molecular weight excluding hydrogens is 370 g/mol. The molecule has 0 fully saturated rings. The van der Waals surface area contributed by atoms with E-state index in [1.807, 2.05) is 61.5 Å². The van der Waals surface area contributed by atoms with Crippen molar-refractivity contribution in [3.05, 3.63) is 70.2 Å². The predicted octanol–water partition coefficient (Wildman–Crippen LogP) is 3.80. The van der Waals surface area contributed by atoms with E-state index in [0.717, 1.165) is 15.6 Å². The van der Waals surface area contributed by atoms with Crippen LogP contribution in [0.5, 0.6) is 0 Å². The summed E-state index contributed by atoms with van der Waals surface area (Å²) >= 11 is 3.43. The lowest BCUT2D eigenvalue weighted by molar-refractivity contribution is -0.150. The summed E-state index contributed by atoms with van der Waals surface area (Å²) in [4.78, 5) is 24.1. The molecule has 0 bridgehead atoms. The smallest absolute Gasteiger partial charge is 0.313 e. The van der Waals surface area contributed by atoms with Gasteiger partial charge in [-0.2, -0.15) is 0 Å². The summed E-state index contributed by atoms with van der Waals surface area (Å²) in [6.45, 7) is 2.03. The van der Waals surface area contributed by atoms with Crippen LogP contribution >= 0.6 is 15.9 Å². The number of amides is 1. The van der Waals surface area contributed by atoms with Gasteiger partial charge in [0.25, 0.3) is 5.91 Å². The Morgan fingerprint density at radius 2 is 1.75 bits per heavy atom. The van der Waals surface area contributed by atoms with Gasteiger partial charge in [-0.3, -0.25) is 9.59 Å². The third-order valence-corrected chi connectivity index (χ3v) is 4.45. The van der Waals surface area contributed by atoms with Crippen molar-refractivity contribution in [1.82, 2.24) is 5.32 Å². The Balaban J connectivity index is 1.82. The van der Waals surface area contributed by atoms with Gasteiger partial charge in [0.1, 0.15) is 0 Å². The monoisotopic (exact) mass is 389 g/mol. The minimum atomic E-state index is -0.375. The number of benzene rings is 2. The molecule has 1 amide bonds. The lowest BCUT2D eigenvalue weighted by Gasteiger charge is -2.14. The summed E-state index contributed by atoms with van der Waals surface area (Å²) < 4.78 is 6.10. The number of halogens is 1. The maximum absolute atomic E-state index is 12.2. The fourth-order valence-electron chi connectivity index (χ4n) is 2.35. The lowest BCUT2D eigenvalue weighted by atomic mass is 9.97. The first-order valence-corrected chi connectivity index (χ1v) is 8.62. The molecule has 0 saturated carbocycles. The molecule has 0 aromatic heterocycles. The number of hydrogen-bond donors (Lipinski definition) is 1. The molecule has 2 aromatic carbocycles. The molecular formula is C19H20BrNO3. The average molecular weight is 390 g/mol. The Morgan fingerprint density at radius 3 is 2.42 bits per heavy atom. The second-order valence-corrected chi connectivity index (χ2v) is 6.20. The van der Waals surface area contributed by atoms with E-state index in [1.54, 1.807) is 0 Å². The van der Waals surface area contributed by atoms with Crippen LogP contribution in [0.2, 0.25) is 0 Å². The normalized spacial score (nSPS) is 11.6. The van der Waals surface area contributed by atoms with E-state index in [1.165, 1.54) is 0 Å². The van der Waals surface area contributed by atoms with Crippen LogP contribution in [0.1, 0.15) is 30.4 Å². The molecule has 2 aromatic rings. The molecule has 0 radical (unpaired) electrons. The summed E-state index contributed by atoms with van der Waals surface area (Å²) in [6.07, 6.45) is 0.626. The third kappa shape index (κ3) is 5.20. The van der Waals surface area contributed by atoms with Crippen LogP contribution in [0.4, 0.5) is 0 Å². The predicted molar refractivity (Wildman–Crippen MR) is 96.4 cm³/mol. The Hall–Kier alpha value is -2.14. The van der Waals surface area contributed by atoms with Crippen LogP contribution in [0.25, 0.3) is 0 Å². The first-order valence-electron chi connectivity index (χ1n) is 7.83. The fraction of sp³-hybridized carbons (Fsp3) is 0.263. The number of esters is 1. The van der Waals surface area contributed by atoms with Crippen LogP contribution in [-0.2, 0) is 20.9 Å². The number of rotatable bonds is 7. The van der Waals surface area contributed by atoms with E-state index in [9.17, 15) is 9.59 Å². The van der Waals surface area contributed by atoms with Gasteiger partial charge in [-0.05, 0) is 23.6 Å². The first kappa shape index (κ1) is 18.2. The zero-order valence-corrected chi connectivity index (χ0v) is 15.1. The van der Waals surface area contributed by atoms with Gasteiger partial charge in [0.2, 0.25) is 0 Å². The summed E-state index contributed by atoms with van der Waals surface area (Å²) in [5.74, 6) is -1.04. The minimum Gasteiger partial charge on any atom is -0.455 e. The number of nitrogens with one attached hydrogen (secondary N) is 1. The molecule has 0 aliphatic carbocycles. The fourth-order valence-corrected chi connectivity index (χ4v) is 2.77. The molecule has 1 atom stereocenters. The molecule has 0 aliphatic heterocycles. The van der Waals surface area contributed by atoms with Gasteiger partial charge in [-0.15, -0.1) is 0 Å². The van der Waals surface area contributed by atoms with Crippen LogP contribution in [0.3, 0.4) is 0 Å². The van der Waals surface area contributed by atoms with Crippen molar-refractivity contribution in [2.75, 3.05) is 6.61 Å². The molecule has 0 aliphatic rings. The van der Waals surface area contributed by atoms with Gasteiger partial charge in [0.15, 0.2) is 6.61 Å². The summed E-state index contributed by atoms with van der Waals surface area (Å²) in [7, 11) is 0. The average Bonchev–Trinajstić information content (AvgIpc) is 2.61. The standard InChI is InChI=1S/C19H20BrNO3/c1-2-16(14-8-4-3-5-9-14)19(23)24-13-18(22)21-12-15-10-6-7-11-17(15)20/h3-11,16H,2,12-13H2,1H3,(H,21,22). The second kappa shape index (κ2) is 9.23. The van der Waals surface area contributed by atoms with Crippen molar-refractivity contribution in [2.24, 2.45) is 0 Å². The summed E-state index contributed by atoms with van der Waals surface area (Å²) in [6, 6.07) is 17.1. The topological polar surface area (TPSA) is 55.4 Å². The Morgan fingerprint density at radius 1 is 1.08 bits per heavy atom. The second-order valence-electron chi connectivity index (χ2n) is 5.35. The van der Waals surface area contributed by atoms with Gasteiger partial charge < -0.3 is 10.1 Å². The summed E-state index contributed by atoms with van der Waals surface area (Å²) in [5, 5.41) is 2.75. The van der Waals surface area contributed by atoms with Crippen molar-refractivity contribution < 1.29 is 14.3 Å². The van der Waals surface area contributed by atoms with Crippen molar-refractivity contribution in [2.45, 2.75) is 25.8 Å². The molecule has 126 valence electrons. The van der Waals surface area contributed by atoms with Gasteiger partial charge in [0.05, 0.1) is 5.92 Å². The Bertz CT molecular complexity index is 688. The van der Waals surface area contributed by atoms with E-state index < -0.39 is 0 Å². The molecule has 1 N–H and O–H groups in total. The largest absolute Gasteiger partial charge is 0.455 e. The molecule has 2 rings (SSSR count). The maximum atomic E-state index is 12.2. The molecule has 5 heteroatoms. The lowest BCUT2D eigenvalue weighted by Crippen LogP contribution is -2.29. The van der Waals surface area contributed by atoms with E-state index in [4.69, 9.17) is 4.74 Å². The van der Waals surface area contributed by atoms with Gasteiger partial charge in [-0.1, -0.05) is 71.4 Å². The quantitative estimate of drug-likeness (QED) is 0.732. The molecule has 1 unspecified atom stereocenters. The summed E-state index contributed by atoms with van der Waals surface area (Å²) in [5.41, 5.74) is 1.87. The SMILES string of the molecule is CCC(C(=O)OCC(=O)NCc1ccccc1Br)c1ccccc1. The number of carbonyl (C=O) groups is 2. The highest BCUT2D eigenvalue weighted by Gasteiger charge is 2.20. The highest BCUT2D eigenvalue weighted by atomic mass is 79.9. The number of carbonyl (C=O) groups excluding carboxylic acids is 2. The Kier molecular flexibility index (Phi) is 7.00. The molecule has 0 spiro atoms.